The van der Waals surface area contributed by atoms with Crippen molar-refractivity contribution in [3.8, 4) is 0 Å². The Morgan fingerprint density at radius 1 is 1.12 bits per heavy atom. The molecule has 0 saturated heterocycles. The molecule has 0 amide bonds. The Kier molecular flexibility index (Phi) is 15.4. The molecule has 1 atom stereocenters. The van der Waals surface area contributed by atoms with Gasteiger partial charge in [-0.2, -0.15) is 0 Å². The lowest BCUT2D eigenvalue weighted by Crippen LogP contribution is -2.24. The second-order valence-electron chi connectivity index (χ2n) is 4.30. The molecule has 0 bridgehead atoms. The van der Waals surface area contributed by atoms with Crippen LogP contribution in [0.3, 0.4) is 0 Å². The summed E-state index contributed by atoms with van der Waals surface area (Å²) in [6, 6.07) is 2.53. The van der Waals surface area contributed by atoms with Crippen LogP contribution in [0.1, 0.15) is 39.0 Å². The van der Waals surface area contributed by atoms with Crippen LogP contribution in [0.5, 0.6) is 0 Å². The van der Waals surface area contributed by atoms with E-state index in [0.29, 0.717) is 0 Å². The zero-order chi connectivity index (χ0) is 12.8. The maximum absolute atomic E-state index is 6.00. The number of rotatable bonds is 13. The fourth-order valence-electron chi connectivity index (χ4n) is 1.72. The predicted molar refractivity (Wildman–Crippen MR) is 84.9 cm³/mol. The molecule has 4 nitrogen and oxygen atoms in total. The molecule has 0 aromatic rings. The molecule has 0 spiro atoms. The summed E-state index contributed by atoms with van der Waals surface area (Å²) in [5.74, 6) is 0. The average Bonchev–Trinajstić information content (AvgIpc) is 2.35. The summed E-state index contributed by atoms with van der Waals surface area (Å²) < 4.78 is 16.6. The SMILES string of the molecule is CCCCCC[SiH](CCCN)O[SiH2]O[SiH2]O[SiH3]. The second-order valence-corrected chi connectivity index (χ2v) is 12.4. The Labute approximate surface area is 115 Å². The lowest BCUT2D eigenvalue weighted by Gasteiger charge is -2.16. The summed E-state index contributed by atoms with van der Waals surface area (Å²) in [7, 11) is -1.60. The molecule has 1 unspecified atom stereocenters. The molecule has 0 aliphatic carbocycles. The Morgan fingerprint density at radius 2 is 1.88 bits per heavy atom. The van der Waals surface area contributed by atoms with Crippen LogP contribution in [0.15, 0.2) is 0 Å². The summed E-state index contributed by atoms with van der Waals surface area (Å²) in [5, 5.41) is 0. The molecule has 0 aliphatic rings. The van der Waals surface area contributed by atoms with Gasteiger partial charge in [-0.3, -0.25) is 0 Å². The summed E-state index contributed by atoms with van der Waals surface area (Å²) in [4.78, 5) is 0. The maximum atomic E-state index is 6.00. The van der Waals surface area contributed by atoms with Crippen LogP contribution in [-0.4, -0.2) is 46.1 Å². The van der Waals surface area contributed by atoms with Gasteiger partial charge in [0, 0.05) is 0 Å². The van der Waals surface area contributed by atoms with Gasteiger partial charge in [0.1, 0.15) is 10.5 Å². The molecule has 0 aromatic heterocycles. The van der Waals surface area contributed by atoms with Crippen molar-refractivity contribution < 1.29 is 12.3 Å². The largest absolute Gasteiger partial charge is 0.449 e. The highest BCUT2D eigenvalue weighted by Gasteiger charge is 2.10. The number of hydrogen-bond acceptors (Lipinski definition) is 4. The van der Waals surface area contributed by atoms with Crippen LogP contribution in [0.25, 0.3) is 0 Å². The van der Waals surface area contributed by atoms with Crippen molar-refractivity contribution in [1.29, 1.82) is 0 Å². The molecule has 0 saturated carbocycles. The van der Waals surface area contributed by atoms with E-state index < -0.39 is 29.1 Å². The molecular formula is C9H29NO3Si4. The van der Waals surface area contributed by atoms with Gasteiger partial charge in [-0.1, -0.05) is 32.6 Å². The molecule has 0 radical (unpaired) electrons. The Morgan fingerprint density at radius 3 is 2.53 bits per heavy atom. The molecular weight excluding hydrogens is 282 g/mol. The first-order valence-corrected chi connectivity index (χ1v) is 12.0. The first-order valence-electron chi connectivity index (χ1n) is 6.73. The summed E-state index contributed by atoms with van der Waals surface area (Å²) >= 11 is 0. The second kappa shape index (κ2) is 14.8. The smallest absolute Gasteiger partial charge is 0.284 e. The molecule has 2 N–H and O–H groups in total. The lowest BCUT2D eigenvalue weighted by atomic mass is 10.2. The third kappa shape index (κ3) is 12.9. The van der Waals surface area contributed by atoms with Crippen molar-refractivity contribution in [2.75, 3.05) is 6.54 Å². The predicted octanol–water partition coefficient (Wildman–Crippen LogP) is -1.03. The van der Waals surface area contributed by atoms with E-state index in [9.17, 15) is 0 Å². The number of nitrogens with two attached hydrogens (primary N) is 1. The highest BCUT2D eigenvalue weighted by Crippen LogP contribution is 2.11. The maximum Gasteiger partial charge on any atom is 0.284 e. The van der Waals surface area contributed by atoms with Gasteiger partial charge in [0.05, 0.1) is 0 Å². The third-order valence-corrected chi connectivity index (χ3v) is 9.51. The molecule has 104 valence electrons. The minimum absolute atomic E-state index is 0.672. The van der Waals surface area contributed by atoms with Crippen molar-refractivity contribution in [1.82, 2.24) is 0 Å². The third-order valence-electron chi connectivity index (χ3n) is 2.70. The van der Waals surface area contributed by atoms with E-state index in [4.69, 9.17) is 18.1 Å². The molecule has 0 aromatic carbocycles. The van der Waals surface area contributed by atoms with Gasteiger partial charge >= 0.3 is 0 Å². The van der Waals surface area contributed by atoms with E-state index in [-0.39, 0.29) is 0 Å². The van der Waals surface area contributed by atoms with Crippen molar-refractivity contribution in [3.63, 3.8) is 0 Å². The zero-order valence-corrected chi connectivity index (χ0v) is 17.4. The molecule has 0 fully saturated rings. The Balaban J connectivity index is 3.56. The van der Waals surface area contributed by atoms with Crippen LogP contribution in [-0.2, 0) is 12.3 Å². The van der Waals surface area contributed by atoms with Gasteiger partial charge in [0.2, 0.25) is 0 Å². The van der Waals surface area contributed by atoms with Gasteiger partial charge in [0.25, 0.3) is 20.0 Å². The average molecular weight is 312 g/mol. The quantitative estimate of drug-likeness (QED) is 0.349. The summed E-state index contributed by atoms with van der Waals surface area (Å²) in [5.41, 5.74) is 5.57. The van der Waals surface area contributed by atoms with E-state index in [0.717, 1.165) is 23.5 Å². The standard InChI is InChI=1S/C9H29NO3Si4/c1-2-3-4-5-8-17(9-6-7-10)13-16-12-15-11-14/h17H,2-10,15-16H2,1,14H3. The zero-order valence-electron chi connectivity index (χ0n) is 11.5. The highest BCUT2D eigenvalue weighted by molar-refractivity contribution is 6.58. The lowest BCUT2D eigenvalue weighted by molar-refractivity contribution is 0.428. The van der Waals surface area contributed by atoms with Gasteiger partial charge in [-0.25, -0.2) is 0 Å². The molecule has 0 heterocycles. The Bertz CT molecular complexity index is 144. The van der Waals surface area contributed by atoms with E-state index in [1.807, 2.05) is 0 Å². The van der Waals surface area contributed by atoms with E-state index >= 15 is 0 Å². The minimum atomic E-state index is -1.00. The Hall–Kier alpha value is 0.708. The van der Waals surface area contributed by atoms with Crippen molar-refractivity contribution >= 4 is 39.5 Å². The van der Waals surface area contributed by atoms with Gasteiger partial charge < -0.3 is 18.1 Å². The molecule has 17 heavy (non-hydrogen) atoms. The van der Waals surface area contributed by atoms with Crippen LogP contribution < -0.4 is 5.73 Å². The summed E-state index contributed by atoms with van der Waals surface area (Å²) in [6.45, 7) is 3.04. The normalized spacial score (nSPS) is 14.5. The topological polar surface area (TPSA) is 53.7 Å². The molecule has 0 aliphatic heterocycles. The van der Waals surface area contributed by atoms with Gasteiger partial charge in [-0.05, 0) is 25.1 Å². The van der Waals surface area contributed by atoms with Crippen LogP contribution in [0, 0.1) is 0 Å². The van der Waals surface area contributed by atoms with Crippen molar-refractivity contribution in [3.05, 3.63) is 0 Å². The van der Waals surface area contributed by atoms with Crippen LogP contribution in [0.4, 0.5) is 0 Å². The molecule has 0 rings (SSSR count). The number of unbranched alkanes of at least 4 members (excludes halogenated alkanes) is 3. The summed E-state index contributed by atoms with van der Waals surface area (Å²) in [6.07, 6.45) is 6.46. The first-order chi connectivity index (χ1) is 8.35. The van der Waals surface area contributed by atoms with E-state index in [1.165, 1.54) is 37.8 Å². The monoisotopic (exact) mass is 311 g/mol. The fraction of sp³-hybridized carbons (Fsp3) is 1.00. The van der Waals surface area contributed by atoms with E-state index in [2.05, 4.69) is 6.92 Å². The van der Waals surface area contributed by atoms with Crippen LogP contribution >= 0.6 is 0 Å². The molecule has 8 heteroatoms. The van der Waals surface area contributed by atoms with E-state index in [1.54, 1.807) is 0 Å². The van der Waals surface area contributed by atoms with Gasteiger partial charge in [-0.15, -0.1) is 0 Å². The fourth-order valence-corrected chi connectivity index (χ4v) is 9.23. The van der Waals surface area contributed by atoms with Crippen molar-refractivity contribution in [2.45, 2.75) is 51.1 Å². The van der Waals surface area contributed by atoms with Gasteiger partial charge in [0.15, 0.2) is 9.04 Å². The van der Waals surface area contributed by atoms with Crippen LogP contribution in [0.2, 0.25) is 12.1 Å². The highest BCUT2D eigenvalue weighted by atomic mass is 28.4. The number of hydrogen-bond donors (Lipinski definition) is 1. The van der Waals surface area contributed by atoms with Crippen molar-refractivity contribution in [2.24, 2.45) is 5.73 Å². The minimum Gasteiger partial charge on any atom is -0.449 e. The first kappa shape index (κ1) is 17.7.